The van der Waals surface area contributed by atoms with E-state index in [0.717, 1.165) is 37.8 Å². The molecule has 1 fully saturated rings. The molecule has 0 radical (unpaired) electrons. The SMILES string of the molecule is CC(C)Oc1nc(-c2ccc(C(F)(F)F)cc2)n(-c2ccc(NC(=O)C3CCCCC3)cc2)n1. The van der Waals surface area contributed by atoms with E-state index >= 15 is 0 Å². The zero-order valence-corrected chi connectivity index (χ0v) is 19.1. The molecule has 0 aliphatic heterocycles. The highest BCUT2D eigenvalue weighted by Gasteiger charge is 2.30. The number of carbonyl (C=O) groups excluding carboxylic acids is 1. The van der Waals surface area contributed by atoms with Gasteiger partial charge in [-0.15, -0.1) is 5.10 Å². The van der Waals surface area contributed by atoms with E-state index < -0.39 is 11.7 Å². The summed E-state index contributed by atoms with van der Waals surface area (Å²) in [6.45, 7) is 3.67. The first-order chi connectivity index (χ1) is 16.2. The number of rotatable bonds is 6. The number of carbonyl (C=O) groups is 1. The maximum atomic E-state index is 13.0. The number of alkyl halides is 3. The van der Waals surface area contributed by atoms with Crippen LogP contribution in [-0.2, 0) is 11.0 Å². The Balaban J connectivity index is 1.60. The maximum absolute atomic E-state index is 13.0. The number of aromatic nitrogens is 3. The van der Waals surface area contributed by atoms with E-state index in [1.54, 1.807) is 24.3 Å². The van der Waals surface area contributed by atoms with E-state index in [1.807, 2.05) is 13.8 Å². The molecule has 0 unspecified atom stereocenters. The highest BCUT2D eigenvalue weighted by molar-refractivity contribution is 5.92. The molecule has 0 bridgehead atoms. The van der Waals surface area contributed by atoms with Crippen LogP contribution in [-0.4, -0.2) is 26.8 Å². The molecule has 1 heterocycles. The van der Waals surface area contributed by atoms with Gasteiger partial charge in [0.15, 0.2) is 5.82 Å². The molecule has 1 aromatic heterocycles. The summed E-state index contributed by atoms with van der Waals surface area (Å²) in [4.78, 5) is 16.9. The van der Waals surface area contributed by atoms with Crippen molar-refractivity contribution in [2.45, 2.75) is 58.2 Å². The first-order valence-corrected chi connectivity index (χ1v) is 11.4. The van der Waals surface area contributed by atoms with Gasteiger partial charge < -0.3 is 10.1 Å². The highest BCUT2D eigenvalue weighted by Crippen LogP contribution is 2.32. The summed E-state index contributed by atoms with van der Waals surface area (Å²) in [5, 5.41) is 7.38. The van der Waals surface area contributed by atoms with E-state index in [9.17, 15) is 18.0 Å². The zero-order valence-electron chi connectivity index (χ0n) is 19.1. The zero-order chi connectivity index (χ0) is 24.3. The fourth-order valence-corrected chi connectivity index (χ4v) is 4.02. The second kappa shape index (κ2) is 9.87. The predicted octanol–water partition coefficient (Wildman–Crippen LogP) is 6.26. The number of nitrogens with one attached hydrogen (secondary N) is 1. The van der Waals surface area contributed by atoms with Crippen molar-refractivity contribution in [3.8, 4) is 23.1 Å². The Labute approximate surface area is 196 Å². The first-order valence-electron chi connectivity index (χ1n) is 11.4. The number of halogens is 3. The van der Waals surface area contributed by atoms with E-state index in [1.165, 1.54) is 23.2 Å². The monoisotopic (exact) mass is 472 g/mol. The summed E-state index contributed by atoms with van der Waals surface area (Å²) >= 11 is 0. The van der Waals surface area contributed by atoms with Gasteiger partial charge in [-0.25, -0.2) is 4.68 Å². The maximum Gasteiger partial charge on any atom is 0.416 e. The van der Waals surface area contributed by atoms with Crippen LogP contribution >= 0.6 is 0 Å². The number of hydrogen-bond acceptors (Lipinski definition) is 4. The summed E-state index contributed by atoms with van der Waals surface area (Å²) in [7, 11) is 0. The third-order valence-corrected chi connectivity index (χ3v) is 5.75. The van der Waals surface area contributed by atoms with Gasteiger partial charge in [-0.1, -0.05) is 31.4 Å². The fourth-order valence-electron chi connectivity index (χ4n) is 4.02. The fraction of sp³-hybridized carbons (Fsp3) is 0.400. The van der Waals surface area contributed by atoms with Crippen LogP contribution in [0.2, 0.25) is 0 Å². The number of nitrogens with zero attached hydrogens (tertiary/aromatic N) is 3. The largest absolute Gasteiger partial charge is 0.460 e. The average Bonchev–Trinajstić information content (AvgIpc) is 3.22. The molecule has 2 aromatic carbocycles. The van der Waals surface area contributed by atoms with Gasteiger partial charge in [-0.05, 0) is 63.1 Å². The van der Waals surface area contributed by atoms with Gasteiger partial charge in [0.05, 0.1) is 17.4 Å². The summed E-state index contributed by atoms with van der Waals surface area (Å²) in [6.07, 6.45) is 0.577. The van der Waals surface area contributed by atoms with Crippen molar-refractivity contribution in [1.29, 1.82) is 0 Å². The van der Waals surface area contributed by atoms with Gasteiger partial charge >= 0.3 is 12.2 Å². The van der Waals surface area contributed by atoms with Crippen molar-refractivity contribution < 1.29 is 22.7 Å². The van der Waals surface area contributed by atoms with Gasteiger partial charge in [-0.2, -0.15) is 18.2 Å². The molecule has 4 rings (SSSR count). The van der Waals surface area contributed by atoms with Crippen molar-refractivity contribution in [1.82, 2.24) is 14.8 Å². The smallest absolute Gasteiger partial charge is 0.416 e. The van der Waals surface area contributed by atoms with Crippen LogP contribution in [0.25, 0.3) is 17.1 Å². The van der Waals surface area contributed by atoms with Crippen molar-refractivity contribution in [3.63, 3.8) is 0 Å². The summed E-state index contributed by atoms with van der Waals surface area (Å²) in [6, 6.07) is 12.0. The summed E-state index contributed by atoms with van der Waals surface area (Å²) in [5.41, 5.74) is 1.04. The highest BCUT2D eigenvalue weighted by atomic mass is 19.4. The second-order valence-corrected chi connectivity index (χ2v) is 8.74. The Morgan fingerprint density at radius 1 is 1.03 bits per heavy atom. The minimum atomic E-state index is -4.42. The Morgan fingerprint density at radius 2 is 1.68 bits per heavy atom. The number of amides is 1. The lowest BCUT2D eigenvalue weighted by Crippen LogP contribution is -2.24. The van der Waals surface area contributed by atoms with E-state index in [0.29, 0.717) is 22.8 Å². The molecule has 1 saturated carbocycles. The van der Waals surface area contributed by atoms with Crippen LogP contribution in [0.5, 0.6) is 6.01 Å². The van der Waals surface area contributed by atoms with Crippen molar-refractivity contribution in [3.05, 3.63) is 54.1 Å². The van der Waals surface area contributed by atoms with Crippen LogP contribution in [0.4, 0.5) is 18.9 Å². The Hall–Kier alpha value is -3.36. The Morgan fingerprint density at radius 3 is 2.26 bits per heavy atom. The van der Waals surface area contributed by atoms with Gasteiger partial charge in [0.1, 0.15) is 0 Å². The second-order valence-electron chi connectivity index (χ2n) is 8.74. The van der Waals surface area contributed by atoms with Crippen LogP contribution in [0.1, 0.15) is 51.5 Å². The standard InChI is InChI=1S/C25H27F3N4O2/c1-16(2)34-24-30-22(17-8-10-19(11-9-17)25(26,27)28)32(31-24)21-14-12-20(13-15-21)29-23(33)18-6-4-3-5-7-18/h8-16,18H,3-7H2,1-2H3,(H,29,33). The summed E-state index contributed by atoms with van der Waals surface area (Å²) in [5.74, 6) is 0.431. The lowest BCUT2D eigenvalue weighted by Gasteiger charge is -2.20. The Kier molecular flexibility index (Phi) is 6.90. The molecular weight excluding hydrogens is 445 g/mol. The van der Waals surface area contributed by atoms with E-state index in [4.69, 9.17) is 4.74 Å². The number of hydrogen-bond donors (Lipinski definition) is 1. The van der Waals surface area contributed by atoms with Crippen LogP contribution in [0, 0.1) is 5.92 Å². The van der Waals surface area contributed by atoms with Crippen molar-refractivity contribution >= 4 is 11.6 Å². The molecule has 6 nitrogen and oxygen atoms in total. The van der Waals surface area contributed by atoms with Gasteiger partial charge in [0.25, 0.3) is 0 Å². The molecule has 1 aliphatic carbocycles. The molecule has 1 aliphatic rings. The molecule has 1 amide bonds. The van der Waals surface area contributed by atoms with Crippen molar-refractivity contribution in [2.75, 3.05) is 5.32 Å². The first kappa shape index (κ1) is 23.8. The number of ether oxygens (including phenoxy) is 1. The van der Waals surface area contributed by atoms with Gasteiger partial charge in [0, 0.05) is 17.2 Å². The summed E-state index contributed by atoms with van der Waals surface area (Å²) < 4.78 is 46.1. The topological polar surface area (TPSA) is 69.0 Å². The molecule has 0 spiro atoms. The molecule has 180 valence electrons. The minimum Gasteiger partial charge on any atom is -0.460 e. The number of benzene rings is 2. The van der Waals surface area contributed by atoms with Crippen LogP contribution in [0.3, 0.4) is 0 Å². The molecular formula is C25H27F3N4O2. The van der Waals surface area contributed by atoms with Gasteiger partial charge in [-0.3, -0.25) is 4.79 Å². The minimum absolute atomic E-state index is 0.0336. The lowest BCUT2D eigenvalue weighted by atomic mass is 9.88. The molecule has 0 atom stereocenters. The van der Waals surface area contributed by atoms with E-state index in [2.05, 4.69) is 15.4 Å². The molecule has 3 aromatic rings. The predicted molar refractivity (Wildman–Crippen MR) is 123 cm³/mol. The lowest BCUT2D eigenvalue weighted by molar-refractivity contribution is -0.137. The van der Waals surface area contributed by atoms with E-state index in [-0.39, 0.29) is 23.9 Å². The third-order valence-electron chi connectivity index (χ3n) is 5.75. The quantitative estimate of drug-likeness (QED) is 0.460. The third kappa shape index (κ3) is 5.58. The van der Waals surface area contributed by atoms with Crippen molar-refractivity contribution in [2.24, 2.45) is 5.92 Å². The molecule has 9 heteroatoms. The molecule has 1 N–H and O–H groups in total. The normalized spacial score (nSPS) is 14.9. The van der Waals surface area contributed by atoms with Crippen LogP contribution < -0.4 is 10.1 Å². The number of anilines is 1. The average molecular weight is 473 g/mol. The Bertz CT molecular complexity index is 1120. The van der Waals surface area contributed by atoms with Gasteiger partial charge in [0.2, 0.25) is 5.91 Å². The van der Waals surface area contributed by atoms with Crippen LogP contribution in [0.15, 0.2) is 48.5 Å². The molecule has 34 heavy (non-hydrogen) atoms. The molecule has 0 saturated heterocycles.